The van der Waals surface area contributed by atoms with Crippen LogP contribution in [0, 0.1) is 11.8 Å². The van der Waals surface area contributed by atoms with Crippen LogP contribution in [0.15, 0.2) is 18.6 Å². The number of nitrogens with zero attached hydrogens (tertiary/aromatic N) is 4. The number of aromatic nitrogens is 3. The number of sulfonamides is 1. The van der Waals surface area contributed by atoms with E-state index in [1.165, 1.54) is 0 Å². The van der Waals surface area contributed by atoms with E-state index >= 15 is 0 Å². The summed E-state index contributed by atoms with van der Waals surface area (Å²) in [5.74, 6) is 1.46. The van der Waals surface area contributed by atoms with Crippen LogP contribution in [0.25, 0.3) is 11.0 Å². The molecule has 1 saturated heterocycles. The predicted octanol–water partition coefficient (Wildman–Crippen LogP) is 1.60. The van der Waals surface area contributed by atoms with E-state index in [4.69, 9.17) is 0 Å². The normalized spacial score (nSPS) is 26.7. The highest BCUT2D eigenvalue weighted by Gasteiger charge is 2.34. The molecule has 2 aliphatic rings. The van der Waals surface area contributed by atoms with Crippen LogP contribution in [0.4, 0.5) is 5.82 Å². The summed E-state index contributed by atoms with van der Waals surface area (Å²) >= 11 is 0. The molecule has 28 heavy (non-hydrogen) atoms. The summed E-state index contributed by atoms with van der Waals surface area (Å²) in [5, 5.41) is 10.3. The fourth-order valence-corrected chi connectivity index (χ4v) is 6.57. The van der Waals surface area contributed by atoms with Crippen molar-refractivity contribution in [1.29, 1.82) is 0 Å². The zero-order chi connectivity index (χ0) is 19.7. The zero-order valence-corrected chi connectivity index (χ0v) is 17.1. The van der Waals surface area contributed by atoms with Crippen molar-refractivity contribution < 1.29 is 13.5 Å². The molecule has 2 fully saturated rings. The molecule has 0 spiro atoms. The second-order valence-electron chi connectivity index (χ2n) is 8.20. The molecule has 9 heteroatoms. The molecular formula is C19H29N5O3S. The lowest BCUT2D eigenvalue weighted by Crippen LogP contribution is -2.39. The van der Waals surface area contributed by atoms with E-state index in [0.29, 0.717) is 19.1 Å². The largest absolute Gasteiger partial charge is 0.396 e. The van der Waals surface area contributed by atoms with Gasteiger partial charge in [0.25, 0.3) is 0 Å². The van der Waals surface area contributed by atoms with E-state index in [1.807, 2.05) is 12.3 Å². The number of nitrogens with one attached hydrogen (secondary N) is 1. The Hall–Kier alpha value is -1.71. The van der Waals surface area contributed by atoms with Gasteiger partial charge in [-0.25, -0.2) is 22.7 Å². The maximum absolute atomic E-state index is 12.7. The van der Waals surface area contributed by atoms with Gasteiger partial charge in [-0.2, -0.15) is 0 Å². The molecule has 0 radical (unpaired) electrons. The van der Waals surface area contributed by atoms with Crippen molar-refractivity contribution in [2.75, 3.05) is 37.4 Å². The minimum absolute atomic E-state index is 0.0704. The first-order chi connectivity index (χ1) is 13.5. The lowest BCUT2D eigenvalue weighted by Gasteiger charge is -2.35. The number of anilines is 1. The van der Waals surface area contributed by atoms with Crippen LogP contribution in [0.5, 0.6) is 0 Å². The molecule has 1 saturated carbocycles. The van der Waals surface area contributed by atoms with Crippen molar-refractivity contribution in [2.45, 2.75) is 38.1 Å². The van der Waals surface area contributed by atoms with Gasteiger partial charge >= 0.3 is 0 Å². The SMILES string of the molecule is CN(c1ncnc2[nH]ccc12)C1CCC(CS(=O)(=O)N2CC[C@H](CO)C2)CC1. The van der Waals surface area contributed by atoms with Gasteiger partial charge in [-0.3, -0.25) is 0 Å². The second-order valence-corrected chi connectivity index (χ2v) is 10.2. The molecule has 4 rings (SSSR count). The lowest BCUT2D eigenvalue weighted by molar-refractivity contribution is 0.233. The highest BCUT2D eigenvalue weighted by molar-refractivity contribution is 7.89. The number of fused-ring (bicyclic) bond motifs is 1. The molecule has 1 aliphatic heterocycles. The fraction of sp³-hybridized carbons (Fsp3) is 0.684. The second kappa shape index (κ2) is 7.96. The van der Waals surface area contributed by atoms with Gasteiger partial charge in [-0.1, -0.05) is 0 Å². The van der Waals surface area contributed by atoms with Crippen LogP contribution in [0.1, 0.15) is 32.1 Å². The van der Waals surface area contributed by atoms with Crippen LogP contribution in [0.3, 0.4) is 0 Å². The van der Waals surface area contributed by atoms with Gasteiger partial charge < -0.3 is 15.0 Å². The molecule has 2 aromatic heterocycles. The highest BCUT2D eigenvalue weighted by atomic mass is 32.2. The maximum Gasteiger partial charge on any atom is 0.214 e. The fourth-order valence-electron chi connectivity index (χ4n) is 4.61. The Balaban J connectivity index is 1.35. The molecule has 1 atom stereocenters. The summed E-state index contributed by atoms with van der Waals surface area (Å²) in [6, 6.07) is 2.35. The third kappa shape index (κ3) is 3.88. The van der Waals surface area contributed by atoms with E-state index in [-0.39, 0.29) is 24.2 Å². The number of rotatable bonds is 6. The Kier molecular flexibility index (Phi) is 5.57. The monoisotopic (exact) mass is 407 g/mol. The average Bonchev–Trinajstić information content (AvgIpc) is 3.37. The highest BCUT2D eigenvalue weighted by Crippen LogP contribution is 2.33. The summed E-state index contributed by atoms with van der Waals surface area (Å²) < 4.78 is 27.0. The summed E-state index contributed by atoms with van der Waals surface area (Å²) in [5.41, 5.74) is 0.837. The van der Waals surface area contributed by atoms with Gasteiger partial charge in [0.05, 0.1) is 11.1 Å². The molecule has 0 aromatic carbocycles. The Bertz CT molecular complexity index is 907. The Morgan fingerprint density at radius 1 is 1.21 bits per heavy atom. The standard InChI is InChI=1S/C19H29N5O3S/c1-23(19-17-6-8-20-18(17)21-13-22-19)16-4-2-14(3-5-16)12-28(26,27)24-9-7-15(10-24)11-25/h6,8,13-16,25H,2-5,7,9-12H2,1H3,(H,20,21,22)/t14?,15-,16?/m0/s1. The van der Waals surface area contributed by atoms with Crippen molar-refractivity contribution in [1.82, 2.24) is 19.3 Å². The molecule has 1 aliphatic carbocycles. The summed E-state index contributed by atoms with van der Waals surface area (Å²) in [7, 11) is -1.16. The van der Waals surface area contributed by atoms with Gasteiger partial charge in [-0.05, 0) is 50.0 Å². The maximum atomic E-state index is 12.7. The molecule has 2 aromatic rings. The van der Waals surface area contributed by atoms with Gasteiger partial charge in [0, 0.05) is 39.0 Å². The first-order valence-electron chi connectivity index (χ1n) is 10.1. The molecule has 0 unspecified atom stereocenters. The quantitative estimate of drug-likeness (QED) is 0.754. The zero-order valence-electron chi connectivity index (χ0n) is 16.3. The average molecular weight is 408 g/mol. The molecule has 3 heterocycles. The van der Waals surface area contributed by atoms with Crippen molar-refractivity contribution in [3.05, 3.63) is 18.6 Å². The molecule has 8 nitrogen and oxygen atoms in total. The van der Waals surface area contributed by atoms with E-state index in [0.717, 1.165) is 49.0 Å². The summed E-state index contributed by atoms with van der Waals surface area (Å²) in [6.45, 7) is 1.09. The first kappa shape index (κ1) is 19.6. The van der Waals surface area contributed by atoms with Crippen LogP contribution in [0.2, 0.25) is 0 Å². The third-order valence-corrected chi connectivity index (χ3v) is 8.39. The minimum atomic E-state index is -3.23. The number of aliphatic hydroxyl groups excluding tert-OH is 1. The van der Waals surface area contributed by atoms with Crippen molar-refractivity contribution in [2.24, 2.45) is 11.8 Å². The number of aliphatic hydroxyl groups is 1. The molecule has 154 valence electrons. The summed E-state index contributed by atoms with van der Waals surface area (Å²) in [6.07, 6.45) is 7.97. The smallest absolute Gasteiger partial charge is 0.214 e. The van der Waals surface area contributed by atoms with Crippen molar-refractivity contribution in [3.63, 3.8) is 0 Å². The first-order valence-corrected chi connectivity index (χ1v) is 11.7. The Labute approximate surface area is 166 Å². The number of aromatic amines is 1. The topological polar surface area (TPSA) is 102 Å². The van der Waals surface area contributed by atoms with E-state index < -0.39 is 10.0 Å². The third-order valence-electron chi connectivity index (χ3n) is 6.38. The lowest BCUT2D eigenvalue weighted by atomic mass is 9.86. The minimum Gasteiger partial charge on any atom is -0.396 e. The van der Waals surface area contributed by atoms with Gasteiger partial charge in [0.2, 0.25) is 10.0 Å². The van der Waals surface area contributed by atoms with Crippen LogP contribution in [-0.4, -0.2) is 71.3 Å². The van der Waals surface area contributed by atoms with E-state index in [2.05, 4.69) is 26.9 Å². The van der Waals surface area contributed by atoms with Gasteiger partial charge in [-0.15, -0.1) is 0 Å². The Morgan fingerprint density at radius 3 is 2.71 bits per heavy atom. The van der Waals surface area contributed by atoms with Crippen molar-refractivity contribution >= 4 is 26.9 Å². The van der Waals surface area contributed by atoms with E-state index in [9.17, 15) is 13.5 Å². The van der Waals surface area contributed by atoms with Gasteiger partial charge in [0.15, 0.2) is 0 Å². The van der Waals surface area contributed by atoms with E-state index in [1.54, 1.807) is 10.6 Å². The van der Waals surface area contributed by atoms with Crippen LogP contribution < -0.4 is 4.90 Å². The Morgan fingerprint density at radius 2 is 2.00 bits per heavy atom. The van der Waals surface area contributed by atoms with Crippen molar-refractivity contribution in [3.8, 4) is 0 Å². The van der Waals surface area contributed by atoms with Crippen LogP contribution in [-0.2, 0) is 10.0 Å². The number of hydrogen-bond acceptors (Lipinski definition) is 6. The molecular weight excluding hydrogens is 378 g/mol. The number of hydrogen-bond donors (Lipinski definition) is 2. The van der Waals surface area contributed by atoms with Gasteiger partial charge in [0.1, 0.15) is 17.8 Å². The predicted molar refractivity (Wildman–Crippen MR) is 109 cm³/mol. The molecule has 2 N–H and O–H groups in total. The number of H-pyrrole nitrogens is 1. The molecule has 0 bridgehead atoms. The van der Waals surface area contributed by atoms with Crippen LogP contribution >= 0.6 is 0 Å². The summed E-state index contributed by atoms with van der Waals surface area (Å²) in [4.78, 5) is 14.1. The molecule has 0 amide bonds.